The number of carbonyl (C=O) groups is 2. The monoisotopic (exact) mass is 327 g/mol. The molecule has 124 valence electrons. The molecule has 24 heavy (non-hydrogen) atoms. The summed E-state index contributed by atoms with van der Waals surface area (Å²) in [7, 11) is 0. The molecule has 0 atom stereocenters. The number of aromatic nitrogens is 4. The molecule has 1 saturated heterocycles. The number of rotatable bonds is 4. The quantitative estimate of drug-likeness (QED) is 0.795. The van der Waals surface area contributed by atoms with Gasteiger partial charge < -0.3 is 15.1 Å². The van der Waals surface area contributed by atoms with Gasteiger partial charge in [-0.1, -0.05) is 0 Å². The summed E-state index contributed by atoms with van der Waals surface area (Å²) in [6.45, 7) is 2.40. The highest BCUT2D eigenvalue weighted by Crippen LogP contribution is 2.09. The zero-order valence-corrected chi connectivity index (χ0v) is 13.0. The van der Waals surface area contributed by atoms with Gasteiger partial charge in [-0.3, -0.25) is 14.6 Å². The van der Waals surface area contributed by atoms with Crippen LogP contribution in [0.3, 0.4) is 0 Å². The summed E-state index contributed by atoms with van der Waals surface area (Å²) in [5, 5.41) is 2.57. The maximum atomic E-state index is 12.2. The Morgan fingerprint density at radius 1 is 1.00 bits per heavy atom. The number of hydrogen-bond donors (Lipinski definition) is 1. The molecule has 0 aliphatic carbocycles. The number of nitrogens with zero attached hydrogens (tertiary/aromatic N) is 6. The van der Waals surface area contributed by atoms with Gasteiger partial charge in [0.15, 0.2) is 0 Å². The van der Waals surface area contributed by atoms with E-state index in [9.17, 15) is 9.59 Å². The Labute approximate surface area is 138 Å². The molecule has 1 N–H and O–H groups in total. The fourth-order valence-electron chi connectivity index (χ4n) is 2.38. The van der Waals surface area contributed by atoms with Crippen LogP contribution in [0.25, 0.3) is 0 Å². The van der Waals surface area contributed by atoms with Gasteiger partial charge in [0.2, 0.25) is 11.9 Å². The molecule has 0 spiro atoms. The Morgan fingerprint density at radius 3 is 2.42 bits per heavy atom. The van der Waals surface area contributed by atoms with Crippen LogP contribution in [-0.2, 0) is 4.79 Å². The minimum atomic E-state index is -0.409. The Hall–Kier alpha value is -3.10. The Balaban J connectivity index is 1.46. The number of amides is 2. The van der Waals surface area contributed by atoms with Gasteiger partial charge in [-0.15, -0.1) is 0 Å². The van der Waals surface area contributed by atoms with Crippen molar-refractivity contribution in [2.45, 2.75) is 0 Å². The highest BCUT2D eigenvalue weighted by Gasteiger charge is 2.22. The van der Waals surface area contributed by atoms with Gasteiger partial charge in [0.25, 0.3) is 5.91 Å². The SMILES string of the molecule is O=C(NCC(=O)N1CCN(c2ncccn2)CC1)c1cnccn1. The third-order valence-corrected chi connectivity index (χ3v) is 3.66. The second-order valence-corrected chi connectivity index (χ2v) is 5.19. The topological polar surface area (TPSA) is 104 Å². The van der Waals surface area contributed by atoms with Crippen molar-refractivity contribution in [2.75, 3.05) is 37.6 Å². The lowest BCUT2D eigenvalue weighted by molar-refractivity contribution is -0.130. The molecule has 9 heteroatoms. The Morgan fingerprint density at radius 2 is 1.75 bits per heavy atom. The zero-order chi connectivity index (χ0) is 16.8. The highest BCUT2D eigenvalue weighted by atomic mass is 16.2. The van der Waals surface area contributed by atoms with E-state index in [1.807, 2.05) is 4.90 Å². The standard InChI is InChI=1S/C15H17N7O2/c23-13(11-20-14(24)12-10-16-4-5-17-12)21-6-8-22(9-7-21)15-18-2-1-3-19-15/h1-5,10H,6-9,11H2,(H,20,24). The zero-order valence-electron chi connectivity index (χ0n) is 13.0. The molecule has 3 heterocycles. The van der Waals surface area contributed by atoms with Crippen molar-refractivity contribution in [3.63, 3.8) is 0 Å². The van der Waals surface area contributed by atoms with Crippen LogP contribution < -0.4 is 10.2 Å². The molecule has 0 bridgehead atoms. The molecule has 3 rings (SSSR count). The van der Waals surface area contributed by atoms with E-state index in [4.69, 9.17) is 0 Å². The summed E-state index contributed by atoms with van der Waals surface area (Å²) >= 11 is 0. The fraction of sp³-hybridized carbons (Fsp3) is 0.333. The average Bonchev–Trinajstić information content (AvgIpc) is 2.67. The molecule has 2 aromatic rings. The van der Waals surface area contributed by atoms with Gasteiger partial charge in [-0.25, -0.2) is 15.0 Å². The number of hydrogen-bond acceptors (Lipinski definition) is 7. The number of anilines is 1. The van der Waals surface area contributed by atoms with Crippen molar-refractivity contribution >= 4 is 17.8 Å². The van der Waals surface area contributed by atoms with E-state index >= 15 is 0 Å². The third-order valence-electron chi connectivity index (χ3n) is 3.66. The van der Waals surface area contributed by atoms with Crippen LogP contribution in [0.4, 0.5) is 5.95 Å². The predicted molar refractivity (Wildman–Crippen MR) is 85.2 cm³/mol. The van der Waals surface area contributed by atoms with E-state index < -0.39 is 5.91 Å². The molecular formula is C15H17N7O2. The average molecular weight is 327 g/mol. The molecule has 0 radical (unpaired) electrons. The van der Waals surface area contributed by atoms with Crippen LogP contribution in [-0.4, -0.2) is 69.4 Å². The number of carbonyl (C=O) groups excluding carboxylic acids is 2. The molecule has 9 nitrogen and oxygen atoms in total. The van der Waals surface area contributed by atoms with Gasteiger partial charge in [-0.2, -0.15) is 0 Å². The van der Waals surface area contributed by atoms with Gasteiger partial charge in [0.1, 0.15) is 5.69 Å². The Bertz CT molecular complexity index is 687. The first kappa shape index (κ1) is 15.8. The fourth-order valence-corrected chi connectivity index (χ4v) is 2.38. The van der Waals surface area contributed by atoms with Crippen molar-refractivity contribution in [2.24, 2.45) is 0 Å². The Kier molecular flexibility index (Phi) is 4.90. The summed E-state index contributed by atoms with van der Waals surface area (Å²) in [4.78, 5) is 43.9. The molecule has 1 aliphatic rings. The smallest absolute Gasteiger partial charge is 0.271 e. The molecule has 1 fully saturated rings. The molecule has 2 amide bonds. The second kappa shape index (κ2) is 7.44. The van der Waals surface area contributed by atoms with E-state index in [0.717, 1.165) is 0 Å². The second-order valence-electron chi connectivity index (χ2n) is 5.19. The summed E-state index contributed by atoms with van der Waals surface area (Å²) < 4.78 is 0. The van der Waals surface area contributed by atoms with Gasteiger partial charge in [0.05, 0.1) is 12.7 Å². The molecular weight excluding hydrogens is 310 g/mol. The van der Waals surface area contributed by atoms with Gasteiger partial charge in [-0.05, 0) is 6.07 Å². The predicted octanol–water partition coefficient (Wildman–Crippen LogP) is -0.655. The van der Waals surface area contributed by atoms with E-state index in [1.165, 1.54) is 18.6 Å². The maximum Gasteiger partial charge on any atom is 0.271 e. The summed E-state index contributed by atoms with van der Waals surface area (Å²) in [5.74, 6) is 0.134. The molecule has 0 saturated carbocycles. The lowest BCUT2D eigenvalue weighted by atomic mass is 10.3. The third kappa shape index (κ3) is 3.80. The number of piperazine rings is 1. The largest absolute Gasteiger partial charge is 0.342 e. The highest BCUT2D eigenvalue weighted by molar-refractivity contribution is 5.94. The maximum absolute atomic E-state index is 12.2. The van der Waals surface area contributed by atoms with Crippen molar-refractivity contribution in [1.29, 1.82) is 0 Å². The first-order valence-corrected chi connectivity index (χ1v) is 7.58. The normalized spacial score (nSPS) is 14.3. The molecule has 1 aliphatic heterocycles. The van der Waals surface area contributed by atoms with Crippen molar-refractivity contribution in [3.8, 4) is 0 Å². The number of nitrogens with one attached hydrogen (secondary N) is 1. The minimum Gasteiger partial charge on any atom is -0.342 e. The molecule has 2 aromatic heterocycles. The lowest BCUT2D eigenvalue weighted by Gasteiger charge is -2.34. The van der Waals surface area contributed by atoms with Crippen LogP contribution in [0.1, 0.15) is 10.5 Å². The van der Waals surface area contributed by atoms with Crippen LogP contribution >= 0.6 is 0 Å². The summed E-state index contributed by atoms with van der Waals surface area (Å²) in [5.41, 5.74) is 0.191. The minimum absolute atomic E-state index is 0.0583. The van der Waals surface area contributed by atoms with Gasteiger partial charge >= 0.3 is 0 Å². The summed E-state index contributed by atoms with van der Waals surface area (Å²) in [6, 6.07) is 1.77. The van der Waals surface area contributed by atoms with Crippen LogP contribution in [0.2, 0.25) is 0 Å². The van der Waals surface area contributed by atoms with Crippen LogP contribution in [0.15, 0.2) is 37.1 Å². The van der Waals surface area contributed by atoms with Gasteiger partial charge in [0, 0.05) is 51.0 Å². The first-order chi connectivity index (χ1) is 11.7. The van der Waals surface area contributed by atoms with Crippen molar-refractivity contribution in [3.05, 3.63) is 42.7 Å². The van der Waals surface area contributed by atoms with E-state index in [-0.39, 0.29) is 18.1 Å². The molecule has 0 unspecified atom stereocenters. The lowest BCUT2D eigenvalue weighted by Crippen LogP contribution is -2.51. The molecule has 0 aromatic carbocycles. The van der Waals surface area contributed by atoms with E-state index in [0.29, 0.717) is 32.1 Å². The van der Waals surface area contributed by atoms with Crippen LogP contribution in [0, 0.1) is 0 Å². The van der Waals surface area contributed by atoms with E-state index in [1.54, 1.807) is 23.4 Å². The van der Waals surface area contributed by atoms with Crippen LogP contribution in [0.5, 0.6) is 0 Å². The first-order valence-electron chi connectivity index (χ1n) is 7.58. The van der Waals surface area contributed by atoms with E-state index in [2.05, 4.69) is 25.3 Å². The van der Waals surface area contributed by atoms with Crippen molar-refractivity contribution in [1.82, 2.24) is 30.2 Å². The van der Waals surface area contributed by atoms with Crippen molar-refractivity contribution < 1.29 is 9.59 Å². The summed E-state index contributed by atoms with van der Waals surface area (Å²) in [6.07, 6.45) is 7.67.